The highest BCUT2D eigenvalue weighted by Gasteiger charge is 2.46. The summed E-state index contributed by atoms with van der Waals surface area (Å²) >= 11 is 0. The van der Waals surface area contributed by atoms with Gasteiger partial charge in [-0.25, -0.2) is 4.79 Å². The molecule has 134 valence electrons. The first kappa shape index (κ1) is 17.7. The predicted molar refractivity (Wildman–Crippen MR) is 92.6 cm³/mol. The maximum atomic E-state index is 11.4. The molecule has 1 saturated heterocycles. The number of aliphatic carboxylic acids is 1. The molecule has 0 bridgehead atoms. The van der Waals surface area contributed by atoms with Gasteiger partial charge < -0.3 is 19.4 Å². The van der Waals surface area contributed by atoms with Crippen molar-refractivity contribution in [2.24, 2.45) is 11.3 Å². The molecule has 0 radical (unpaired) electrons. The quantitative estimate of drug-likeness (QED) is 0.848. The van der Waals surface area contributed by atoms with E-state index in [1.165, 1.54) is 0 Å². The SMILES string of the molecule is C=C1CC[C@H]2[C@H](O)O[C@H](c3ccoc3)C[C@]2(C)C/C=C\C=C/1C(=O)O. The molecule has 0 amide bonds. The molecule has 1 aliphatic carbocycles. The number of carboxylic acid groups (broad SMARTS) is 1. The van der Waals surface area contributed by atoms with Crippen LogP contribution < -0.4 is 0 Å². The molecule has 1 aliphatic heterocycles. The minimum atomic E-state index is -0.974. The maximum absolute atomic E-state index is 11.4. The van der Waals surface area contributed by atoms with Crippen LogP contribution in [0.1, 0.15) is 44.3 Å². The van der Waals surface area contributed by atoms with E-state index in [9.17, 15) is 15.0 Å². The first-order valence-electron chi connectivity index (χ1n) is 8.54. The van der Waals surface area contributed by atoms with Crippen LogP contribution in [-0.4, -0.2) is 22.5 Å². The van der Waals surface area contributed by atoms with Gasteiger partial charge in [-0.2, -0.15) is 0 Å². The minimum absolute atomic E-state index is 0.0924. The van der Waals surface area contributed by atoms with E-state index in [2.05, 4.69) is 13.5 Å². The van der Waals surface area contributed by atoms with E-state index in [0.29, 0.717) is 18.4 Å². The predicted octanol–water partition coefficient (Wildman–Crippen LogP) is 3.99. The summed E-state index contributed by atoms with van der Waals surface area (Å²) in [5.74, 6) is -1.07. The Morgan fingerprint density at radius 3 is 2.92 bits per heavy atom. The fourth-order valence-electron chi connectivity index (χ4n) is 3.92. The lowest BCUT2D eigenvalue weighted by Crippen LogP contribution is -2.44. The van der Waals surface area contributed by atoms with E-state index in [-0.39, 0.29) is 23.0 Å². The standard InChI is InChI=1S/C20H24O5/c1-13-6-7-16-19(23)25-17(14-8-10-24-12-14)11-20(16,2)9-4-3-5-15(13)18(21)22/h3-5,8,10,12,16-17,19,23H,1,6-7,9,11H2,2H3,(H,21,22)/b4-3-,15-5+/t16-,17-,19+,20-/m0/s1. The van der Waals surface area contributed by atoms with Crippen molar-refractivity contribution in [3.8, 4) is 0 Å². The molecule has 0 aromatic carbocycles. The van der Waals surface area contributed by atoms with E-state index >= 15 is 0 Å². The molecule has 4 atom stereocenters. The van der Waals surface area contributed by atoms with E-state index in [1.54, 1.807) is 24.7 Å². The number of fused-ring (bicyclic) bond motifs is 1. The number of furan rings is 1. The number of aliphatic hydroxyl groups is 1. The van der Waals surface area contributed by atoms with Gasteiger partial charge in [0, 0.05) is 11.5 Å². The van der Waals surface area contributed by atoms with Gasteiger partial charge in [0.25, 0.3) is 0 Å². The number of carbonyl (C=O) groups is 1. The Bertz CT molecular complexity index is 700. The van der Waals surface area contributed by atoms with Crippen molar-refractivity contribution in [3.05, 3.63) is 60.1 Å². The van der Waals surface area contributed by atoms with Crippen LogP contribution in [0.25, 0.3) is 0 Å². The minimum Gasteiger partial charge on any atom is -0.478 e. The van der Waals surface area contributed by atoms with Gasteiger partial charge in [0.05, 0.1) is 24.2 Å². The Balaban J connectivity index is 1.88. The number of aliphatic hydroxyl groups excluding tert-OH is 1. The molecule has 0 unspecified atom stereocenters. The lowest BCUT2D eigenvalue weighted by molar-refractivity contribution is -0.236. The average molecular weight is 344 g/mol. The Labute approximate surface area is 147 Å². The highest BCUT2D eigenvalue weighted by atomic mass is 16.6. The van der Waals surface area contributed by atoms with Crippen molar-refractivity contribution < 1.29 is 24.2 Å². The second kappa shape index (κ2) is 7.02. The monoisotopic (exact) mass is 344 g/mol. The van der Waals surface area contributed by atoms with Crippen LogP contribution in [0.3, 0.4) is 0 Å². The number of rotatable bonds is 2. The topological polar surface area (TPSA) is 79.9 Å². The molecule has 5 heteroatoms. The van der Waals surface area contributed by atoms with Crippen LogP contribution in [0.2, 0.25) is 0 Å². The molecule has 2 N–H and O–H groups in total. The Kier molecular flexibility index (Phi) is 4.97. The fourth-order valence-corrected chi connectivity index (χ4v) is 3.92. The molecular weight excluding hydrogens is 320 g/mol. The summed E-state index contributed by atoms with van der Waals surface area (Å²) in [4.78, 5) is 11.4. The first-order chi connectivity index (χ1) is 11.9. The zero-order valence-electron chi connectivity index (χ0n) is 14.4. The first-order valence-corrected chi connectivity index (χ1v) is 8.54. The van der Waals surface area contributed by atoms with E-state index in [4.69, 9.17) is 9.15 Å². The zero-order chi connectivity index (χ0) is 18.0. The fraction of sp³-hybridized carbons (Fsp3) is 0.450. The normalized spacial score (nSPS) is 36.8. The lowest BCUT2D eigenvalue weighted by Gasteiger charge is -2.47. The second-order valence-corrected chi connectivity index (χ2v) is 7.20. The molecule has 0 spiro atoms. The molecule has 1 aromatic rings. The van der Waals surface area contributed by atoms with E-state index in [0.717, 1.165) is 18.4 Å². The van der Waals surface area contributed by atoms with Crippen LogP contribution in [0.5, 0.6) is 0 Å². The molecule has 25 heavy (non-hydrogen) atoms. The average Bonchev–Trinajstić information content (AvgIpc) is 3.07. The number of ether oxygens (including phenoxy) is 1. The van der Waals surface area contributed by atoms with Crippen molar-refractivity contribution in [1.29, 1.82) is 0 Å². The number of hydrogen-bond donors (Lipinski definition) is 2. The van der Waals surface area contributed by atoms with Crippen molar-refractivity contribution >= 4 is 5.97 Å². The van der Waals surface area contributed by atoms with E-state index in [1.807, 2.05) is 12.1 Å². The Morgan fingerprint density at radius 1 is 1.44 bits per heavy atom. The Hall–Kier alpha value is -2.11. The van der Waals surface area contributed by atoms with Gasteiger partial charge in [-0.05, 0) is 48.8 Å². The lowest BCUT2D eigenvalue weighted by atomic mass is 9.66. The van der Waals surface area contributed by atoms with Crippen LogP contribution in [-0.2, 0) is 9.53 Å². The molecule has 5 nitrogen and oxygen atoms in total. The van der Waals surface area contributed by atoms with Crippen molar-refractivity contribution in [2.75, 3.05) is 0 Å². The number of carboxylic acids is 1. The summed E-state index contributed by atoms with van der Waals surface area (Å²) in [5.41, 5.74) is 1.57. The maximum Gasteiger partial charge on any atom is 0.335 e. The molecule has 1 fully saturated rings. The van der Waals surface area contributed by atoms with Gasteiger partial charge in [0.1, 0.15) is 0 Å². The van der Waals surface area contributed by atoms with Crippen molar-refractivity contribution in [2.45, 2.75) is 45.0 Å². The summed E-state index contributed by atoms with van der Waals surface area (Å²) in [6, 6.07) is 1.86. The second-order valence-electron chi connectivity index (χ2n) is 7.20. The van der Waals surface area contributed by atoms with Gasteiger partial charge in [0.2, 0.25) is 0 Å². The van der Waals surface area contributed by atoms with E-state index < -0.39 is 12.3 Å². The van der Waals surface area contributed by atoms with Crippen LogP contribution >= 0.6 is 0 Å². The largest absolute Gasteiger partial charge is 0.478 e. The molecule has 2 heterocycles. The molecular formula is C20H24O5. The highest BCUT2D eigenvalue weighted by Crippen LogP contribution is 2.50. The van der Waals surface area contributed by atoms with Gasteiger partial charge >= 0.3 is 5.97 Å². The third kappa shape index (κ3) is 3.62. The Morgan fingerprint density at radius 2 is 2.24 bits per heavy atom. The molecule has 2 aliphatic rings. The van der Waals surface area contributed by atoms with Gasteiger partial charge in [-0.15, -0.1) is 0 Å². The van der Waals surface area contributed by atoms with Crippen LogP contribution in [0.15, 0.2) is 59.0 Å². The van der Waals surface area contributed by atoms with Crippen LogP contribution in [0, 0.1) is 11.3 Å². The molecule has 1 aromatic heterocycles. The van der Waals surface area contributed by atoms with Crippen LogP contribution in [0.4, 0.5) is 0 Å². The third-order valence-corrected chi connectivity index (χ3v) is 5.46. The van der Waals surface area contributed by atoms with Crippen molar-refractivity contribution in [3.63, 3.8) is 0 Å². The smallest absolute Gasteiger partial charge is 0.335 e. The molecule has 0 saturated carbocycles. The zero-order valence-corrected chi connectivity index (χ0v) is 14.4. The van der Waals surface area contributed by atoms with Gasteiger partial charge in [-0.1, -0.05) is 25.7 Å². The number of hydrogen-bond acceptors (Lipinski definition) is 4. The highest BCUT2D eigenvalue weighted by molar-refractivity contribution is 5.91. The van der Waals surface area contributed by atoms with Gasteiger partial charge in [0.15, 0.2) is 6.29 Å². The number of allylic oxidation sites excluding steroid dienone is 3. The summed E-state index contributed by atoms with van der Waals surface area (Å²) in [6.07, 6.45) is 10.2. The molecule has 3 rings (SSSR count). The summed E-state index contributed by atoms with van der Waals surface area (Å²) in [5, 5.41) is 20.0. The summed E-state index contributed by atoms with van der Waals surface area (Å²) in [6.45, 7) is 6.07. The third-order valence-electron chi connectivity index (χ3n) is 5.46. The van der Waals surface area contributed by atoms with Gasteiger partial charge in [-0.3, -0.25) is 0 Å². The van der Waals surface area contributed by atoms with Crippen molar-refractivity contribution in [1.82, 2.24) is 0 Å². The summed E-state index contributed by atoms with van der Waals surface area (Å²) in [7, 11) is 0. The summed E-state index contributed by atoms with van der Waals surface area (Å²) < 4.78 is 11.0.